The van der Waals surface area contributed by atoms with Crippen LogP contribution in [0.4, 0.5) is 20.3 Å². The second kappa shape index (κ2) is 12.2. The van der Waals surface area contributed by atoms with Gasteiger partial charge in [0.15, 0.2) is 14.1 Å². The summed E-state index contributed by atoms with van der Waals surface area (Å²) in [5, 5.41) is 16.8. The molecule has 234 valence electrons. The van der Waals surface area contributed by atoms with Gasteiger partial charge in [0.25, 0.3) is 0 Å². The highest BCUT2D eigenvalue weighted by Gasteiger charge is 2.37. The van der Waals surface area contributed by atoms with Gasteiger partial charge in [-0.3, -0.25) is 4.68 Å². The fourth-order valence-electron chi connectivity index (χ4n) is 5.19. The van der Waals surface area contributed by atoms with E-state index in [0.29, 0.717) is 29.5 Å². The first-order valence-corrected chi connectivity index (χ1v) is 18.0. The van der Waals surface area contributed by atoms with E-state index >= 15 is 8.78 Å². The number of nitrogens with zero attached hydrogens (tertiary/aromatic N) is 6. The fourth-order valence-corrected chi connectivity index (χ4v) is 6.22. The average molecular weight is 630 g/mol. The third-order valence-electron chi connectivity index (χ3n) is 8.69. The van der Waals surface area contributed by atoms with E-state index in [4.69, 9.17) is 24.2 Å². The van der Waals surface area contributed by atoms with Crippen molar-refractivity contribution in [3.63, 3.8) is 0 Å². The van der Waals surface area contributed by atoms with Crippen molar-refractivity contribution in [2.24, 2.45) is 0 Å². The van der Waals surface area contributed by atoms with Crippen molar-refractivity contribution in [3.05, 3.63) is 83.3 Å². The Morgan fingerprint density at radius 1 is 0.978 bits per heavy atom. The summed E-state index contributed by atoms with van der Waals surface area (Å²) in [7, 11) is -1.94. The van der Waals surface area contributed by atoms with Gasteiger partial charge in [0, 0.05) is 34.3 Å². The summed E-state index contributed by atoms with van der Waals surface area (Å²) in [5.74, 6) is -0.152. The molecule has 45 heavy (non-hydrogen) atoms. The lowest BCUT2D eigenvalue weighted by Gasteiger charge is -2.36. The largest absolute Gasteiger partial charge is 0.491 e. The number of hydrogen-bond acceptors (Lipinski definition) is 8. The minimum Gasteiger partial charge on any atom is -0.491 e. The Bertz CT molecular complexity index is 1820. The molecule has 0 saturated carbocycles. The molecule has 6 rings (SSSR count). The van der Waals surface area contributed by atoms with Gasteiger partial charge in [-0.1, -0.05) is 39.0 Å². The van der Waals surface area contributed by atoms with Crippen LogP contribution in [0.3, 0.4) is 0 Å². The van der Waals surface area contributed by atoms with Crippen LogP contribution < -0.4 is 10.1 Å². The van der Waals surface area contributed by atoms with Crippen molar-refractivity contribution in [1.29, 1.82) is 0 Å². The number of para-hydroxylation sites is 1. The second-order valence-corrected chi connectivity index (χ2v) is 17.6. The molecule has 12 heteroatoms. The van der Waals surface area contributed by atoms with Crippen LogP contribution in [0.15, 0.2) is 54.9 Å². The van der Waals surface area contributed by atoms with Gasteiger partial charge in [-0.2, -0.15) is 15.3 Å². The number of ether oxygens (including phenoxy) is 1. The van der Waals surface area contributed by atoms with Crippen LogP contribution in [0.1, 0.15) is 44.0 Å². The lowest BCUT2D eigenvalue weighted by atomic mass is 10.1. The summed E-state index contributed by atoms with van der Waals surface area (Å²) in [6, 6.07) is 11.8. The van der Waals surface area contributed by atoms with Gasteiger partial charge >= 0.3 is 0 Å². The van der Waals surface area contributed by atoms with Crippen molar-refractivity contribution >= 4 is 30.7 Å². The van der Waals surface area contributed by atoms with E-state index in [9.17, 15) is 0 Å². The van der Waals surface area contributed by atoms with E-state index in [0.717, 1.165) is 41.6 Å². The smallest absolute Gasteiger partial charge is 0.192 e. The molecule has 3 aromatic heterocycles. The first-order chi connectivity index (χ1) is 21.5. The molecule has 0 radical (unpaired) electrons. The standard InChI is InChI=1S/C33H37F2N7O2Si/c1-33(2,3)45(4,5)44-16-15-43-22-17-26(34)25(27(35)18-22)20-42-29-12-7-6-9-24(29)30(41-42)32-39-28-11-8-10-23(28)31(40-32)38-21-13-14-36-37-19-21/h6-7,9,12-14,17-19H,8,10-11,15-16,20H2,1-5H3,(H,36,38,39,40). The highest BCUT2D eigenvalue weighted by molar-refractivity contribution is 6.74. The molecule has 3 heterocycles. The summed E-state index contributed by atoms with van der Waals surface area (Å²) in [4.78, 5) is 9.75. The monoisotopic (exact) mass is 629 g/mol. The summed E-state index contributed by atoms with van der Waals surface area (Å²) in [6.45, 7) is 11.2. The van der Waals surface area contributed by atoms with Crippen LogP contribution in [0.2, 0.25) is 18.1 Å². The Hall–Kier alpha value is -4.29. The Balaban J connectivity index is 1.26. The van der Waals surface area contributed by atoms with E-state index in [1.54, 1.807) is 17.1 Å². The number of hydrogen-bond donors (Lipinski definition) is 1. The van der Waals surface area contributed by atoms with E-state index in [1.165, 1.54) is 12.1 Å². The van der Waals surface area contributed by atoms with Gasteiger partial charge in [-0.05, 0) is 49.5 Å². The Labute approximate surface area is 262 Å². The van der Waals surface area contributed by atoms with E-state index in [1.807, 2.05) is 30.3 Å². The molecule has 5 aromatic rings. The lowest BCUT2D eigenvalue weighted by Crippen LogP contribution is -2.41. The maximum atomic E-state index is 15.4. The molecule has 0 unspecified atom stereocenters. The van der Waals surface area contributed by atoms with Crippen molar-refractivity contribution in [1.82, 2.24) is 29.9 Å². The summed E-state index contributed by atoms with van der Waals surface area (Å²) in [6.07, 6.45) is 5.93. The third-order valence-corrected chi connectivity index (χ3v) is 13.2. The first-order valence-electron chi connectivity index (χ1n) is 15.1. The number of halogens is 2. The first kappa shape index (κ1) is 30.7. The zero-order valence-electron chi connectivity index (χ0n) is 26.2. The van der Waals surface area contributed by atoms with Gasteiger partial charge < -0.3 is 14.5 Å². The summed E-state index contributed by atoms with van der Waals surface area (Å²) < 4.78 is 44.1. The molecular formula is C33H37F2N7O2Si. The molecule has 2 aromatic carbocycles. The normalized spacial score (nSPS) is 13.3. The molecule has 0 saturated heterocycles. The quantitative estimate of drug-likeness (QED) is 0.127. The van der Waals surface area contributed by atoms with Gasteiger partial charge in [0.1, 0.15) is 35.5 Å². The van der Waals surface area contributed by atoms with E-state index in [-0.39, 0.29) is 29.5 Å². The average Bonchev–Trinajstić information content (AvgIpc) is 3.62. The van der Waals surface area contributed by atoms with Crippen molar-refractivity contribution in [2.45, 2.75) is 64.7 Å². The minimum absolute atomic E-state index is 0.0625. The van der Waals surface area contributed by atoms with E-state index < -0.39 is 20.0 Å². The second-order valence-electron chi connectivity index (χ2n) is 12.8. The number of aryl methyl sites for hydroxylation is 1. The van der Waals surface area contributed by atoms with Gasteiger partial charge in [0.05, 0.1) is 36.7 Å². The van der Waals surface area contributed by atoms with Crippen molar-refractivity contribution in [2.75, 3.05) is 18.5 Å². The van der Waals surface area contributed by atoms with Crippen molar-refractivity contribution in [3.8, 4) is 17.3 Å². The number of fused-ring (bicyclic) bond motifs is 2. The van der Waals surface area contributed by atoms with Crippen LogP contribution in [-0.4, -0.2) is 51.5 Å². The van der Waals surface area contributed by atoms with Crippen LogP contribution in [0.25, 0.3) is 22.4 Å². The maximum absolute atomic E-state index is 15.4. The predicted molar refractivity (Wildman–Crippen MR) is 172 cm³/mol. The number of benzene rings is 2. The molecule has 1 aliphatic rings. The molecule has 0 atom stereocenters. The van der Waals surface area contributed by atoms with E-state index in [2.05, 4.69) is 49.4 Å². The summed E-state index contributed by atoms with van der Waals surface area (Å²) in [5.41, 5.74) is 3.94. The number of rotatable bonds is 10. The SMILES string of the molecule is CC(C)(C)[Si](C)(C)OCCOc1cc(F)c(Cn2nc(-c3nc4c(c(Nc5ccnnc5)n3)CCC4)c3ccccc32)c(F)c1. The lowest BCUT2D eigenvalue weighted by molar-refractivity contribution is 0.202. The van der Waals surface area contributed by atoms with Crippen LogP contribution in [0.5, 0.6) is 5.75 Å². The zero-order valence-corrected chi connectivity index (χ0v) is 27.2. The molecule has 1 N–H and O–H groups in total. The topological polar surface area (TPSA) is 99.9 Å². The molecule has 0 fully saturated rings. The van der Waals surface area contributed by atoms with Crippen LogP contribution in [-0.2, 0) is 23.8 Å². The Morgan fingerprint density at radius 2 is 1.76 bits per heavy atom. The van der Waals surface area contributed by atoms with Gasteiger partial charge in [0.2, 0.25) is 0 Å². The molecule has 0 aliphatic heterocycles. The number of anilines is 2. The molecule has 0 amide bonds. The predicted octanol–water partition coefficient (Wildman–Crippen LogP) is 7.24. The van der Waals surface area contributed by atoms with Gasteiger partial charge in [-0.25, -0.2) is 18.7 Å². The minimum atomic E-state index is -1.94. The Morgan fingerprint density at radius 3 is 2.49 bits per heavy atom. The van der Waals surface area contributed by atoms with Crippen LogP contribution in [0, 0.1) is 11.6 Å². The number of aromatic nitrogens is 6. The zero-order chi connectivity index (χ0) is 31.8. The number of nitrogens with one attached hydrogen (secondary N) is 1. The highest BCUT2D eigenvalue weighted by atomic mass is 28.4. The van der Waals surface area contributed by atoms with Crippen molar-refractivity contribution < 1.29 is 17.9 Å². The maximum Gasteiger partial charge on any atom is 0.192 e. The molecule has 0 bridgehead atoms. The molecule has 1 aliphatic carbocycles. The van der Waals surface area contributed by atoms with Crippen LogP contribution >= 0.6 is 0 Å². The molecular weight excluding hydrogens is 592 g/mol. The fraction of sp³-hybridized carbons (Fsp3) is 0.364. The molecule has 0 spiro atoms. The van der Waals surface area contributed by atoms with Gasteiger partial charge in [-0.15, -0.1) is 0 Å². The third kappa shape index (κ3) is 6.43. The Kier molecular flexibility index (Phi) is 8.36. The summed E-state index contributed by atoms with van der Waals surface area (Å²) >= 11 is 0. The highest BCUT2D eigenvalue weighted by Crippen LogP contribution is 2.37. The molecule has 9 nitrogen and oxygen atoms in total.